The molecule has 0 fully saturated rings. The van der Waals surface area contributed by atoms with Gasteiger partial charge >= 0.3 is 0 Å². The molecule has 1 aromatic heterocycles. The van der Waals surface area contributed by atoms with E-state index in [2.05, 4.69) is 0 Å². The molecule has 0 spiro atoms. The number of carbonyl (C=O) groups is 1. The van der Waals surface area contributed by atoms with E-state index in [0.29, 0.717) is 35.4 Å². The summed E-state index contributed by atoms with van der Waals surface area (Å²) >= 11 is 0. The second kappa shape index (κ2) is 7.95. The molecule has 1 amide bonds. The molecule has 0 saturated heterocycles. The van der Waals surface area contributed by atoms with E-state index in [1.807, 2.05) is 62.3 Å². The van der Waals surface area contributed by atoms with E-state index in [-0.39, 0.29) is 17.1 Å². The number of amides is 1. The van der Waals surface area contributed by atoms with E-state index in [4.69, 9.17) is 9.15 Å². The number of rotatable bonds is 6. The van der Waals surface area contributed by atoms with Crippen LogP contribution in [0.15, 0.2) is 51.7 Å². The zero-order valence-electron chi connectivity index (χ0n) is 17.8. The summed E-state index contributed by atoms with van der Waals surface area (Å²) in [5.74, 6) is 0.507. The molecule has 6 nitrogen and oxygen atoms in total. The van der Waals surface area contributed by atoms with Gasteiger partial charge in [-0.15, -0.1) is 0 Å². The summed E-state index contributed by atoms with van der Waals surface area (Å²) in [5, 5.41) is 0.509. The number of fused-ring (bicyclic) bond motifs is 2. The Bertz CT molecular complexity index is 1170. The fourth-order valence-corrected chi connectivity index (χ4v) is 4.04. The Labute approximate surface area is 175 Å². The van der Waals surface area contributed by atoms with Crippen LogP contribution in [0.2, 0.25) is 0 Å². The van der Waals surface area contributed by atoms with Crippen LogP contribution in [0.25, 0.3) is 11.0 Å². The number of para-hydroxylation sites is 1. The number of likely N-dealkylation sites (N-methyl/N-ethyl adjacent to an activating group) is 1. The third kappa shape index (κ3) is 3.27. The minimum atomic E-state index is -0.547. The van der Waals surface area contributed by atoms with E-state index in [1.54, 1.807) is 18.1 Å². The van der Waals surface area contributed by atoms with Gasteiger partial charge in [0.15, 0.2) is 5.43 Å². The van der Waals surface area contributed by atoms with Crippen molar-refractivity contribution >= 4 is 16.9 Å². The molecule has 0 N–H and O–H groups in total. The summed E-state index contributed by atoms with van der Waals surface area (Å²) in [5.41, 5.74) is 2.52. The Kier molecular flexibility index (Phi) is 5.35. The van der Waals surface area contributed by atoms with Crippen molar-refractivity contribution < 1.29 is 13.9 Å². The fourth-order valence-electron chi connectivity index (χ4n) is 4.04. The summed E-state index contributed by atoms with van der Waals surface area (Å²) in [6, 6.07) is 12.5. The van der Waals surface area contributed by atoms with Gasteiger partial charge in [0.1, 0.15) is 11.3 Å². The van der Waals surface area contributed by atoms with Gasteiger partial charge in [-0.25, -0.2) is 0 Å². The van der Waals surface area contributed by atoms with Crippen molar-refractivity contribution in [3.8, 4) is 5.75 Å². The first-order valence-corrected chi connectivity index (χ1v) is 10.1. The van der Waals surface area contributed by atoms with Gasteiger partial charge < -0.3 is 19.0 Å². The van der Waals surface area contributed by atoms with Crippen LogP contribution < -0.4 is 10.2 Å². The number of methoxy groups -OCH3 is 1. The predicted molar refractivity (Wildman–Crippen MR) is 116 cm³/mol. The number of hydrogen-bond donors (Lipinski definition) is 0. The Balaban J connectivity index is 1.97. The highest BCUT2D eigenvalue weighted by atomic mass is 16.5. The Morgan fingerprint density at radius 2 is 1.90 bits per heavy atom. The Morgan fingerprint density at radius 1 is 1.13 bits per heavy atom. The summed E-state index contributed by atoms with van der Waals surface area (Å²) in [7, 11) is 5.50. The van der Waals surface area contributed by atoms with E-state index in [1.165, 1.54) is 0 Å². The maximum Gasteiger partial charge on any atom is 0.290 e. The van der Waals surface area contributed by atoms with Crippen molar-refractivity contribution in [1.82, 2.24) is 9.80 Å². The lowest BCUT2D eigenvalue weighted by Crippen LogP contribution is -2.35. The van der Waals surface area contributed by atoms with Crippen LogP contribution in [0.5, 0.6) is 5.75 Å². The molecule has 2 heterocycles. The number of carbonyl (C=O) groups excluding carboxylic acids is 1. The molecule has 156 valence electrons. The standard InChI is InChI=1S/C24H26N2O4/c1-5-15-10-11-19-17(14-15)22(27)20-21(16-8-6-7-9-18(16)29-4)26(13-12-25(2)3)24(28)23(20)30-19/h6-11,14,21H,5,12-13H2,1-4H3. The van der Waals surface area contributed by atoms with Gasteiger partial charge in [-0.1, -0.05) is 31.2 Å². The first kappa shape index (κ1) is 20.2. The molecule has 0 radical (unpaired) electrons. The number of nitrogens with zero attached hydrogens (tertiary/aromatic N) is 2. The van der Waals surface area contributed by atoms with E-state index in [9.17, 15) is 9.59 Å². The van der Waals surface area contributed by atoms with E-state index >= 15 is 0 Å². The molecule has 1 aliphatic rings. The molecule has 1 unspecified atom stereocenters. The Morgan fingerprint density at radius 3 is 2.60 bits per heavy atom. The number of benzene rings is 2. The van der Waals surface area contributed by atoms with E-state index in [0.717, 1.165) is 17.5 Å². The maximum atomic E-state index is 13.6. The molecule has 0 saturated carbocycles. The van der Waals surface area contributed by atoms with Crippen molar-refractivity contribution in [2.24, 2.45) is 0 Å². The SMILES string of the molecule is CCc1ccc2oc3c(c(=O)c2c1)C(c1ccccc1OC)N(CCN(C)C)C3=O. The topological polar surface area (TPSA) is 63.0 Å². The van der Waals surface area contributed by atoms with Crippen molar-refractivity contribution in [2.75, 3.05) is 34.3 Å². The highest BCUT2D eigenvalue weighted by molar-refractivity contribution is 5.99. The van der Waals surface area contributed by atoms with Crippen molar-refractivity contribution in [3.63, 3.8) is 0 Å². The van der Waals surface area contributed by atoms with Crippen LogP contribution in [0.1, 0.15) is 40.2 Å². The average molecular weight is 406 g/mol. The highest BCUT2D eigenvalue weighted by Crippen LogP contribution is 2.41. The monoisotopic (exact) mass is 406 g/mol. The molecule has 0 aliphatic carbocycles. The molecule has 1 aliphatic heterocycles. The van der Waals surface area contributed by atoms with Gasteiger partial charge in [0, 0.05) is 18.7 Å². The first-order valence-electron chi connectivity index (χ1n) is 10.1. The zero-order valence-corrected chi connectivity index (χ0v) is 17.8. The van der Waals surface area contributed by atoms with E-state index < -0.39 is 6.04 Å². The van der Waals surface area contributed by atoms with Gasteiger partial charge in [0.2, 0.25) is 5.76 Å². The number of aryl methyl sites for hydroxylation is 1. The minimum absolute atomic E-state index is 0.131. The highest BCUT2D eigenvalue weighted by Gasteiger charge is 2.43. The number of ether oxygens (including phenoxy) is 1. The largest absolute Gasteiger partial charge is 0.496 e. The molecule has 2 aromatic carbocycles. The van der Waals surface area contributed by atoms with Gasteiger partial charge in [0.05, 0.1) is 24.1 Å². The second-order valence-electron chi connectivity index (χ2n) is 7.80. The summed E-state index contributed by atoms with van der Waals surface area (Å²) in [4.78, 5) is 30.7. The number of hydrogen-bond acceptors (Lipinski definition) is 5. The average Bonchev–Trinajstić information content (AvgIpc) is 3.03. The zero-order chi connectivity index (χ0) is 21.4. The van der Waals surface area contributed by atoms with Crippen LogP contribution in [0.4, 0.5) is 0 Å². The quantitative estimate of drug-likeness (QED) is 0.627. The summed E-state index contributed by atoms with van der Waals surface area (Å²) in [6.45, 7) is 3.17. The predicted octanol–water partition coefficient (Wildman–Crippen LogP) is 3.47. The molecular weight excluding hydrogens is 380 g/mol. The molecule has 30 heavy (non-hydrogen) atoms. The van der Waals surface area contributed by atoms with Crippen LogP contribution >= 0.6 is 0 Å². The lowest BCUT2D eigenvalue weighted by Gasteiger charge is -2.27. The molecular formula is C24H26N2O4. The van der Waals surface area contributed by atoms with Crippen molar-refractivity contribution in [3.05, 3.63) is 75.1 Å². The third-order valence-electron chi connectivity index (χ3n) is 5.66. The summed E-state index contributed by atoms with van der Waals surface area (Å²) < 4.78 is 11.6. The lowest BCUT2D eigenvalue weighted by molar-refractivity contribution is 0.0715. The molecule has 3 aromatic rings. The van der Waals surface area contributed by atoms with Crippen LogP contribution in [-0.4, -0.2) is 50.0 Å². The third-order valence-corrected chi connectivity index (χ3v) is 5.66. The molecule has 0 bridgehead atoms. The van der Waals surface area contributed by atoms with Gasteiger partial charge in [0.25, 0.3) is 5.91 Å². The van der Waals surface area contributed by atoms with Gasteiger partial charge in [-0.2, -0.15) is 0 Å². The van der Waals surface area contributed by atoms with Crippen LogP contribution in [0.3, 0.4) is 0 Å². The molecule has 6 heteroatoms. The normalized spacial score (nSPS) is 15.8. The smallest absolute Gasteiger partial charge is 0.290 e. The second-order valence-corrected chi connectivity index (χ2v) is 7.80. The first-order chi connectivity index (χ1) is 14.5. The van der Waals surface area contributed by atoms with Crippen molar-refractivity contribution in [2.45, 2.75) is 19.4 Å². The molecule has 1 atom stereocenters. The van der Waals surface area contributed by atoms with Crippen molar-refractivity contribution in [1.29, 1.82) is 0 Å². The maximum absolute atomic E-state index is 13.6. The summed E-state index contributed by atoms with van der Waals surface area (Å²) in [6.07, 6.45) is 0.816. The van der Waals surface area contributed by atoms with Crippen LogP contribution in [0, 0.1) is 0 Å². The van der Waals surface area contributed by atoms with Gasteiger partial charge in [-0.3, -0.25) is 9.59 Å². The fraction of sp³-hybridized carbons (Fsp3) is 0.333. The minimum Gasteiger partial charge on any atom is -0.496 e. The Hall–Kier alpha value is -3.12. The van der Waals surface area contributed by atoms with Crippen LogP contribution in [-0.2, 0) is 6.42 Å². The lowest BCUT2D eigenvalue weighted by atomic mass is 9.97. The van der Waals surface area contributed by atoms with Gasteiger partial charge in [-0.05, 0) is 44.3 Å². The molecule has 4 rings (SSSR count).